The van der Waals surface area contributed by atoms with Crippen molar-refractivity contribution >= 4 is 39.4 Å². The molecule has 0 unspecified atom stereocenters. The number of ether oxygens (including phenoxy) is 1. The molecule has 0 spiro atoms. The molecule has 3 aromatic carbocycles. The van der Waals surface area contributed by atoms with E-state index in [2.05, 4.69) is 20.6 Å². The molecule has 168 valence electrons. The molecule has 0 fully saturated rings. The first-order chi connectivity index (χ1) is 16.0. The molecule has 0 saturated heterocycles. The summed E-state index contributed by atoms with van der Waals surface area (Å²) >= 11 is 0. The highest BCUT2D eigenvalue weighted by atomic mass is 16.5. The number of para-hydroxylation sites is 1. The van der Waals surface area contributed by atoms with Gasteiger partial charge in [0.25, 0.3) is 5.91 Å². The van der Waals surface area contributed by atoms with Crippen LogP contribution in [0.4, 0.5) is 5.82 Å². The topological polar surface area (TPSA) is 93.2 Å². The minimum Gasteiger partial charge on any atom is -0.467 e. The van der Waals surface area contributed by atoms with Crippen molar-refractivity contribution in [3.05, 3.63) is 78.1 Å². The van der Waals surface area contributed by atoms with Crippen LogP contribution in [0.1, 0.15) is 30.0 Å². The number of nitrogens with one attached hydrogen (secondary N) is 2. The van der Waals surface area contributed by atoms with Crippen molar-refractivity contribution in [3.8, 4) is 0 Å². The Labute approximate surface area is 192 Å². The lowest BCUT2D eigenvalue weighted by molar-refractivity contribution is -0.142. The molecule has 0 bridgehead atoms. The third kappa shape index (κ3) is 4.92. The van der Waals surface area contributed by atoms with E-state index in [-0.39, 0.29) is 24.3 Å². The number of hydrogen-bond donors (Lipinski definition) is 2. The fourth-order valence-electron chi connectivity index (χ4n) is 3.68. The van der Waals surface area contributed by atoms with Gasteiger partial charge in [0.15, 0.2) is 5.82 Å². The fraction of sp³-hybridized carbons (Fsp3) is 0.231. The van der Waals surface area contributed by atoms with Crippen molar-refractivity contribution in [2.24, 2.45) is 5.92 Å². The van der Waals surface area contributed by atoms with Crippen LogP contribution in [0.25, 0.3) is 21.7 Å². The second kappa shape index (κ2) is 9.65. The third-order valence-corrected chi connectivity index (χ3v) is 5.48. The van der Waals surface area contributed by atoms with Gasteiger partial charge < -0.3 is 15.4 Å². The van der Waals surface area contributed by atoms with Crippen LogP contribution in [0.2, 0.25) is 0 Å². The molecule has 0 aliphatic rings. The summed E-state index contributed by atoms with van der Waals surface area (Å²) < 4.78 is 4.94. The number of benzene rings is 3. The number of esters is 1. The number of hydrogen-bond acceptors (Lipinski definition) is 6. The first-order valence-corrected chi connectivity index (χ1v) is 10.8. The molecular formula is C26H26N4O3. The number of fused-ring (bicyclic) bond motifs is 2. The number of amides is 1. The second-order valence-corrected chi connectivity index (χ2v) is 8.14. The van der Waals surface area contributed by atoms with Crippen LogP contribution >= 0.6 is 0 Å². The highest BCUT2D eigenvalue weighted by Crippen LogP contribution is 2.23. The van der Waals surface area contributed by atoms with Crippen LogP contribution in [-0.2, 0) is 16.1 Å². The van der Waals surface area contributed by atoms with Gasteiger partial charge in [-0.05, 0) is 41.0 Å². The van der Waals surface area contributed by atoms with Gasteiger partial charge in [-0.15, -0.1) is 0 Å². The zero-order chi connectivity index (χ0) is 23.4. The van der Waals surface area contributed by atoms with Gasteiger partial charge in [-0.2, -0.15) is 0 Å². The number of methoxy groups -OCH3 is 1. The van der Waals surface area contributed by atoms with E-state index < -0.39 is 6.04 Å². The summed E-state index contributed by atoms with van der Waals surface area (Å²) in [5.74, 6) is 0.389. The molecule has 7 heteroatoms. The Morgan fingerprint density at radius 1 is 0.939 bits per heavy atom. The first kappa shape index (κ1) is 22.2. The predicted molar refractivity (Wildman–Crippen MR) is 129 cm³/mol. The largest absolute Gasteiger partial charge is 0.467 e. The second-order valence-electron chi connectivity index (χ2n) is 8.14. The molecule has 0 aliphatic heterocycles. The first-order valence-electron chi connectivity index (χ1n) is 10.8. The summed E-state index contributed by atoms with van der Waals surface area (Å²) in [7, 11) is 1.37. The molecule has 33 heavy (non-hydrogen) atoms. The van der Waals surface area contributed by atoms with E-state index in [0.717, 1.165) is 21.7 Å². The molecule has 7 nitrogen and oxygen atoms in total. The van der Waals surface area contributed by atoms with Crippen LogP contribution in [0.15, 0.2) is 66.7 Å². The molecule has 0 saturated carbocycles. The average Bonchev–Trinajstić information content (AvgIpc) is 2.84. The fourth-order valence-corrected chi connectivity index (χ4v) is 3.68. The van der Waals surface area contributed by atoms with E-state index in [0.29, 0.717) is 17.2 Å². The van der Waals surface area contributed by atoms with Crippen LogP contribution in [0.5, 0.6) is 0 Å². The zero-order valence-corrected chi connectivity index (χ0v) is 18.8. The zero-order valence-electron chi connectivity index (χ0n) is 18.8. The Hall–Kier alpha value is -4.00. The summed E-state index contributed by atoms with van der Waals surface area (Å²) in [5, 5.41) is 8.98. The van der Waals surface area contributed by atoms with E-state index in [4.69, 9.17) is 4.74 Å². The van der Waals surface area contributed by atoms with Crippen molar-refractivity contribution in [2.45, 2.75) is 26.4 Å². The van der Waals surface area contributed by atoms with Crippen LogP contribution in [0.3, 0.4) is 0 Å². The van der Waals surface area contributed by atoms with Gasteiger partial charge in [-0.1, -0.05) is 56.3 Å². The maximum atomic E-state index is 12.8. The number of aromatic nitrogens is 2. The van der Waals surface area contributed by atoms with E-state index in [1.807, 2.05) is 74.5 Å². The molecule has 4 aromatic rings. The maximum absolute atomic E-state index is 12.8. The number of carbonyl (C=O) groups excluding carboxylic acids is 2. The Balaban J connectivity index is 1.58. The van der Waals surface area contributed by atoms with E-state index in [1.165, 1.54) is 7.11 Å². The average molecular weight is 443 g/mol. The van der Waals surface area contributed by atoms with Gasteiger partial charge in [-0.25, -0.2) is 14.8 Å². The number of carbonyl (C=O) groups is 2. The van der Waals surface area contributed by atoms with E-state index in [9.17, 15) is 9.59 Å². The number of nitrogens with zero attached hydrogens (tertiary/aromatic N) is 2. The monoisotopic (exact) mass is 442 g/mol. The minimum absolute atomic E-state index is 0.0118. The van der Waals surface area contributed by atoms with Gasteiger partial charge in [-0.3, -0.25) is 4.79 Å². The van der Waals surface area contributed by atoms with Crippen molar-refractivity contribution in [3.63, 3.8) is 0 Å². The molecular weight excluding hydrogens is 416 g/mol. The van der Waals surface area contributed by atoms with Crippen LogP contribution in [0, 0.1) is 5.92 Å². The molecule has 1 aromatic heterocycles. The Bertz CT molecular complexity index is 1320. The van der Waals surface area contributed by atoms with Crippen molar-refractivity contribution < 1.29 is 14.3 Å². The van der Waals surface area contributed by atoms with E-state index in [1.54, 1.807) is 6.07 Å². The molecule has 1 atom stereocenters. The standard InChI is InChI=1S/C26H26N4O3/c1-16(2)23(26(32)33-3)30-24-20-10-6-7-11-21(20)28-22(29-24)15-27-25(31)19-13-12-17-8-4-5-9-18(17)14-19/h4-14,16,23H,15H2,1-3H3,(H,27,31)(H,28,29,30)/t23-/m0/s1. The predicted octanol–water partition coefficient (Wildman–Crippen LogP) is 4.32. The summed E-state index contributed by atoms with van der Waals surface area (Å²) in [4.78, 5) is 34.2. The lowest BCUT2D eigenvalue weighted by atomic mass is 10.0. The number of rotatable bonds is 7. The SMILES string of the molecule is COC(=O)[C@@H](Nc1nc(CNC(=O)c2ccc3ccccc3c2)nc2ccccc12)C(C)C. The lowest BCUT2D eigenvalue weighted by Crippen LogP contribution is -2.36. The normalized spacial score (nSPS) is 12.0. The van der Waals surface area contributed by atoms with E-state index >= 15 is 0 Å². The highest BCUT2D eigenvalue weighted by molar-refractivity contribution is 5.98. The maximum Gasteiger partial charge on any atom is 0.328 e. The molecule has 4 rings (SSSR count). The lowest BCUT2D eigenvalue weighted by Gasteiger charge is -2.21. The smallest absolute Gasteiger partial charge is 0.328 e. The van der Waals surface area contributed by atoms with Crippen molar-refractivity contribution in [1.82, 2.24) is 15.3 Å². The summed E-state index contributed by atoms with van der Waals surface area (Å²) in [5.41, 5.74) is 1.29. The Morgan fingerprint density at radius 2 is 1.67 bits per heavy atom. The molecule has 1 amide bonds. The highest BCUT2D eigenvalue weighted by Gasteiger charge is 2.24. The summed E-state index contributed by atoms with van der Waals surface area (Å²) in [6, 6.07) is 20.5. The van der Waals surface area contributed by atoms with Crippen molar-refractivity contribution in [2.75, 3.05) is 12.4 Å². The summed E-state index contributed by atoms with van der Waals surface area (Å²) in [6.07, 6.45) is 0. The molecule has 2 N–H and O–H groups in total. The number of anilines is 1. The molecule has 0 aliphatic carbocycles. The third-order valence-electron chi connectivity index (χ3n) is 5.48. The van der Waals surface area contributed by atoms with Gasteiger partial charge in [0.05, 0.1) is 19.2 Å². The van der Waals surface area contributed by atoms with Crippen LogP contribution in [-0.4, -0.2) is 35.0 Å². The Kier molecular flexibility index (Phi) is 6.49. The minimum atomic E-state index is -0.562. The quantitative estimate of drug-likeness (QED) is 0.414. The Morgan fingerprint density at radius 3 is 2.42 bits per heavy atom. The van der Waals surface area contributed by atoms with Gasteiger partial charge in [0.2, 0.25) is 0 Å². The van der Waals surface area contributed by atoms with Gasteiger partial charge >= 0.3 is 5.97 Å². The van der Waals surface area contributed by atoms with Crippen molar-refractivity contribution in [1.29, 1.82) is 0 Å². The molecule has 1 heterocycles. The summed E-state index contributed by atoms with van der Waals surface area (Å²) in [6.45, 7) is 4.01. The molecule has 0 radical (unpaired) electrons. The van der Waals surface area contributed by atoms with Crippen LogP contribution < -0.4 is 10.6 Å². The van der Waals surface area contributed by atoms with Gasteiger partial charge in [0.1, 0.15) is 11.9 Å². The van der Waals surface area contributed by atoms with Gasteiger partial charge in [0, 0.05) is 10.9 Å².